The normalized spacial score (nSPS) is 17.2. The summed E-state index contributed by atoms with van der Waals surface area (Å²) in [5.41, 5.74) is 4.71. The molecule has 0 aliphatic carbocycles. The molecule has 170 valence electrons. The fourth-order valence-corrected chi connectivity index (χ4v) is 4.34. The number of hydrogen-bond acceptors (Lipinski definition) is 2. The van der Waals surface area contributed by atoms with Gasteiger partial charge in [0.1, 0.15) is 5.84 Å². The van der Waals surface area contributed by atoms with Gasteiger partial charge in [-0.15, -0.1) is 0 Å². The zero-order valence-corrected chi connectivity index (χ0v) is 22.3. The van der Waals surface area contributed by atoms with Crippen molar-refractivity contribution in [1.82, 2.24) is 4.90 Å². The molecule has 0 radical (unpaired) electrons. The van der Waals surface area contributed by atoms with Crippen molar-refractivity contribution in [2.75, 3.05) is 0 Å². The number of nitrogens with zero attached hydrogens (tertiary/aromatic N) is 3. The standard InChI is InChI=1S/C28H30IN3O/c1-27(2,3)20-13-19(14-21(15-20)28(4,5)6)26(33)31-25-23-10-8-7-9-18(23)16-32-17-22(29)11-12-24(32)30-25/h7-15,17H,16H2,1-6H3. The molecule has 0 saturated carbocycles. The Bertz CT molecular complexity index is 1200. The third kappa shape index (κ3) is 5.18. The lowest BCUT2D eigenvalue weighted by Gasteiger charge is -2.25. The topological polar surface area (TPSA) is 45.0 Å². The molecule has 33 heavy (non-hydrogen) atoms. The summed E-state index contributed by atoms with van der Waals surface area (Å²) in [6, 6.07) is 14.2. The summed E-state index contributed by atoms with van der Waals surface area (Å²) in [5, 5.41) is 0. The first-order valence-corrected chi connectivity index (χ1v) is 12.3. The third-order valence-corrected chi connectivity index (χ3v) is 6.54. The molecule has 0 fully saturated rings. The predicted octanol–water partition coefficient (Wildman–Crippen LogP) is 6.93. The van der Waals surface area contributed by atoms with E-state index in [9.17, 15) is 4.79 Å². The second-order valence-corrected chi connectivity index (χ2v) is 11.9. The summed E-state index contributed by atoms with van der Waals surface area (Å²) in [5.74, 6) is 0.984. The molecule has 0 aromatic heterocycles. The Morgan fingerprint density at radius 2 is 1.61 bits per heavy atom. The van der Waals surface area contributed by atoms with Gasteiger partial charge in [0.05, 0.1) is 0 Å². The highest BCUT2D eigenvalue weighted by molar-refractivity contribution is 14.1. The molecular formula is C28H30IN3O. The zero-order valence-electron chi connectivity index (χ0n) is 20.1. The van der Waals surface area contributed by atoms with Gasteiger partial charge in [0.25, 0.3) is 5.91 Å². The van der Waals surface area contributed by atoms with Crippen LogP contribution in [-0.4, -0.2) is 22.5 Å². The molecule has 4 rings (SSSR count). The molecule has 0 atom stereocenters. The predicted molar refractivity (Wildman–Crippen MR) is 145 cm³/mol. The second kappa shape index (κ2) is 8.67. The fourth-order valence-electron chi connectivity index (χ4n) is 3.83. The molecule has 2 heterocycles. The van der Waals surface area contributed by atoms with Gasteiger partial charge in [0, 0.05) is 27.5 Å². The molecule has 0 unspecified atom stereocenters. The van der Waals surface area contributed by atoms with E-state index in [1.165, 1.54) is 0 Å². The summed E-state index contributed by atoms with van der Waals surface area (Å²) in [4.78, 5) is 25.0. The molecule has 0 spiro atoms. The van der Waals surface area contributed by atoms with Gasteiger partial charge >= 0.3 is 0 Å². The largest absolute Gasteiger partial charge is 0.327 e. The van der Waals surface area contributed by atoms with Gasteiger partial charge in [0.15, 0.2) is 5.84 Å². The van der Waals surface area contributed by atoms with E-state index in [2.05, 4.69) is 92.4 Å². The average Bonchev–Trinajstić information content (AvgIpc) is 2.88. The van der Waals surface area contributed by atoms with Crippen molar-refractivity contribution >= 4 is 40.2 Å². The number of fused-ring (bicyclic) bond motifs is 2. The number of halogens is 1. The van der Waals surface area contributed by atoms with E-state index >= 15 is 0 Å². The second-order valence-electron chi connectivity index (χ2n) is 10.6. The van der Waals surface area contributed by atoms with Crippen LogP contribution in [0.15, 0.2) is 74.4 Å². The minimum atomic E-state index is -0.265. The molecule has 5 heteroatoms. The minimum absolute atomic E-state index is 0.0740. The van der Waals surface area contributed by atoms with Crippen LogP contribution in [0.5, 0.6) is 0 Å². The Balaban J connectivity index is 1.84. The SMILES string of the molecule is CC(C)(C)c1cc(C(=O)N=C2N=C3C=CC(I)=CN3Cc3ccccc32)cc(C(C)(C)C)c1. The zero-order chi connectivity index (χ0) is 24.0. The van der Waals surface area contributed by atoms with Crippen LogP contribution in [0, 0.1) is 0 Å². The lowest BCUT2D eigenvalue weighted by atomic mass is 9.79. The van der Waals surface area contributed by atoms with Crippen molar-refractivity contribution in [3.05, 3.63) is 92.2 Å². The third-order valence-electron chi connectivity index (χ3n) is 5.90. The van der Waals surface area contributed by atoms with Gasteiger partial charge in [-0.3, -0.25) is 4.79 Å². The van der Waals surface area contributed by atoms with E-state index in [0.29, 0.717) is 17.9 Å². The van der Waals surface area contributed by atoms with Crippen molar-refractivity contribution in [1.29, 1.82) is 0 Å². The maximum absolute atomic E-state index is 13.5. The highest BCUT2D eigenvalue weighted by Crippen LogP contribution is 2.31. The fraction of sp³-hybridized carbons (Fsp3) is 0.321. The quantitative estimate of drug-likeness (QED) is 0.361. The highest BCUT2D eigenvalue weighted by Gasteiger charge is 2.24. The van der Waals surface area contributed by atoms with Gasteiger partial charge in [-0.05, 0) is 74.4 Å². The highest BCUT2D eigenvalue weighted by atomic mass is 127. The van der Waals surface area contributed by atoms with Crippen molar-refractivity contribution in [3.63, 3.8) is 0 Å². The first-order chi connectivity index (χ1) is 15.4. The number of amidine groups is 2. The Hall–Kier alpha value is -2.54. The van der Waals surface area contributed by atoms with Gasteiger partial charge in [0.2, 0.25) is 0 Å². The number of amides is 1. The van der Waals surface area contributed by atoms with Crippen molar-refractivity contribution in [2.45, 2.75) is 58.9 Å². The number of carbonyl (C=O) groups is 1. The van der Waals surface area contributed by atoms with E-state index in [4.69, 9.17) is 4.99 Å². The van der Waals surface area contributed by atoms with Crippen molar-refractivity contribution in [2.24, 2.45) is 9.98 Å². The first kappa shape index (κ1) is 23.6. The molecule has 2 aliphatic heterocycles. The first-order valence-electron chi connectivity index (χ1n) is 11.2. The smallest absolute Gasteiger partial charge is 0.279 e. The molecule has 2 aromatic carbocycles. The molecule has 0 N–H and O–H groups in total. The Kier molecular flexibility index (Phi) is 6.20. The lowest BCUT2D eigenvalue weighted by Crippen LogP contribution is -2.24. The monoisotopic (exact) mass is 551 g/mol. The summed E-state index contributed by atoms with van der Waals surface area (Å²) in [6.45, 7) is 13.7. The van der Waals surface area contributed by atoms with Gasteiger partial charge in [-0.1, -0.05) is 71.9 Å². The Morgan fingerprint density at radius 3 is 2.24 bits per heavy atom. The van der Waals surface area contributed by atoms with Crippen LogP contribution in [0.4, 0.5) is 0 Å². The number of hydrogen-bond donors (Lipinski definition) is 0. The molecular weight excluding hydrogens is 521 g/mol. The maximum Gasteiger partial charge on any atom is 0.279 e. The molecule has 2 aromatic rings. The summed E-state index contributed by atoms with van der Waals surface area (Å²) in [7, 11) is 0. The van der Waals surface area contributed by atoms with E-state index in [1.54, 1.807) is 0 Å². The van der Waals surface area contributed by atoms with Crippen LogP contribution in [0.25, 0.3) is 0 Å². The molecule has 0 bridgehead atoms. The summed E-state index contributed by atoms with van der Waals surface area (Å²) >= 11 is 2.30. The number of allylic oxidation sites excluding steroid dienone is 2. The van der Waals surface area contributed by atoms with Crippen LogP contribution in [-0.2, 0) is 17.4 Å². The average molecular weight is 551 g/mol. The van der Waals surface area contributed by atoms with E-state index in [-0.39, 0.29) is 16.7 Å². The molecule has 4 nitrogen and oxygen atoms in total. The summed E-state index contributed by atoms with van der Waals surface area (Å²) < 4.78 is 1.13. The Labute approximate surface area is 210 Å². The van der Waals surface area contributed by atoms with E-state index in [0.717, 1.165) is 31.7 Å². The van der Waals surface area contributed by atoms with Crippen LogP contribution in [0.1, 0.15) is 74.2 Å². The minimum Gasteiger partial charge on any atom is -0.327 e. The van der Waals surface area contributed by atoms with Crippen LogP contribution < -0.4 is 0 Å². The van der Waals surface area contributed by atoms with Crippen molar-refractivity contribution in [3.8, 4) is 0 Å². The van der Waals surface area contributed by atoms with Gasteiger partial charge < -0.3 is 4.90 Å². The lowest BCUT2D eigenvalue weighted by molar-refractivity contribution is 0.100. The molecule has 1 amide bonds. The Morgan fingerprint density at radius 1 is 0.970 bits per heavy atom. The van der Waals surface area contributed by atoms with Gasteiger partial charge in [-0.25, -0.2) is 4.99 Å². The van der Waals surface area contributed by atoms with Crippen LogP contribution in [0.2, 0.25) is 0 Å². The van der Waals surface area contributed by atoms with E-state index < -0.39 is 0 Å². The molecule has 2 aliphatic rings. The molecule has 0 saturated heterocycles. The number of rotatable bonds is 1. The van der Waals surface area contributed by atoms with Crippen LogP contribution >= 0.6 is 22.6 Å². The van der Waals surface area contributed by atoms with Crippen LogP contribution in [0.3, 0.4) is 0 Å². The van der Waals surface area contributed by atoms with E-state index in [1.807, 2.05) is 42.5 Å². The van der Waals surface area contributed by atoms with Crippen molar-refractivity contribution < 1.29 is 4.79 Å². The summed E-state index contributed by atoms with van der Waals surface area (Å²) in [6.07, 6.45) is 6.07. The number of benzene rings is 2. The maximum atomic E-state index is 13.5. The number of aliphatic imine (C=N–C) groups is 2. The number of carbonyl (C=O) groups excluding carboxylic acids is 1. The van der Waals surface area contributed by atoms with Gasteiger partial charge in [-0.2, -0.15) is 4.99 Å².